The summed E-state index contributed by atoms with van der Waals surface area (Å²) >= 11 is 0. The SMILES string of the molecule is CC1(C)c2cc(N(c3ccccc3)c3ccccc3)ccc2-c2cc3c(cc21)-c1c(ccc2ccccc12)C31CCCC1. The Bertz CT molecular complexity index is 2010. The van der Waals surface area contributed by atoms with Gasteiger partial charge in [-0.05, 0) is 117 Å². The first kappa shape index (κ1) is 24.9. The lowest BCUT2D eigenvalue weighted by molar-refractivity contribution is 0.550. The Balaban J connectivity index is 1.25. The second-order valence-electron chi connectivity index (χ2n) is 13.3. The van der Waals surface area contributed by atoms with E-state index < -0.39 is 0 Å². The van der Waals surface area contributed by atoms with Crippen LogP contribution in [0.4, 0.5) is 17.1 Å². The van der Waals surface area contributed by atoms with Crippen molar-refractivity contribution in [3.63, 3.8) is 0 Å². The van der Waals surface area contributed by atoms with Crippen molar-refractivity contribution in [1.29, 1.82) is 0 Å². The Morgan fingerprint density at radius 1 is 0.488 bits per heavy atom. The van der Waals surface area contributed by atoms with Crippen molar-refractivity contribution in [2.75, 3.05) is 4.90 Å². The first-order chi connectivity index (χ1) is 21.1. The standard InChI is InChI=1S/C42H35N/c1-41(2)37-25-31(43(29-14-5-3-6-15-29)30-16-7-4-8-17-30)20-21-33(37)34-26-39-35(27-38(34)41)40-32-18-10-9-13-28(32)19-22-36(40)42(39)23-11-12-24-42/h3-10,13-22,25-27H,11-12,23-24H2,1-2H3. The third-order valence-corrected chi connectivity index (χ3v) is 10.8. The summed E-state index contributed by atoms with van der Waals surface area (Å²) in [6.45, 7) is 4.85. The second-order valence-corrected chi connectivity index (χ2v) is 13.3. The van der Waals surface area contributed by atoms with E-state index in [0.29, 0.717) is 0 Å². The van der Waals surface area contributed by atoms with Gasteiger partial charge in [-0.25, -0.2) is 0 Å². The maximum atomic E-state index is 2.62. The summed E-state index contributed by atoms with van der Waals surface area (Å²) in [5.74, 6) is 0. The van der Waals surface area contributed by atoms with Crippen LogP contribution >= 0.6 is 0 Å². The largest absolute Gasteiger partial charge is 0.310 e. The molecule has 1 saturated carbocycles. The summed E-state index contributed by atoms with van der Waals surface area (Å²) in [6, 6.07) is 47.7. The number of hydrogen-bond acceptors (Lipinski definition) is 1. The first-order valence-corrected chi connectivity index (χ1v) is 15.8. The van der Waals surface area contributed by atoms with Crippen LogP contribution in [0.25, 0.3) is 33.0 Å². The molecule has 0 heterocycles. The quantitative estimate of drug-likeness (QED) is 0.211. The average Bonchev–Trinajstić information content (AvgIpc) is 3.71. The minimum atomic E-state index is -0.106. The van der Waals surface area contributed by atoms with Crippen molar-refractivity contribution in [2.45, 2.75) is 50.4 Å². The molecule has 9 rings (SSSR count). The van der Waals surface area contributed by atoms with E-state index in [9.17, 15) is 0 Å². The molecule has 3 aliphatic rings. The highest BCUT2D eigenvalue weighted by atomic mass is 15.1. The molecule has 0 atom stereocenters. The van der Waals surface area contributed by atoms with Gasteiger partial charge in [0.2, 0.25) is 0 Å². The van der Waals surface area contributed by atoms with E-state index in [1.54, 1.807) is 11.1 Å². The molecule has 43 heavy (non-hydrogen) atoms. The van der Waals surface area contributed by atoms with Gasteiger partial charge in [0.05, 0.1) is 0 Å². The lowest BCUT2D eigenvalue weighted by Gasteiger charge is -2.28. The maximum absolute atomic E-state index is 2.62. The molecule has 0 aliphatic heterocycles. The molecule has 0 bridgehead atoms. The molecule has 0 saturated heterocycles. The molecule has 0 unspecified atom stereocenters. The van der Waals surface area contributed by atoms with E-state index >= 15 is 0 Å². The van der Waals surface area contributed by atoms with Crippen LogP contribution in [0, 0.1) is 0 Å². The van der Waals surface area contributed by atoms with E-state index in [0.717, 1.165) is 0 Å². The molecular weight excluding hydrogens is 518 g/mol. The van der Waals surface area contributed by atoms with Crippen molar-refractivity contribution in [1.82, 2.24) is 0 Å². The van der Waals surface area contributed by atoms with E-state index in [1.165, 1.54) is 86.9 Å². The van der Waals surface area contributed by atoms with E-state index in [2.05, 4.69) is 146 Å². The Labute approximate surface area is 254 Å². The fourth-order valence-corrected chi connectivity index (χ4v) is 8.73. The third-order valence-electron chi connectivity index (χ3n) is 10.8. The highest BCUT2D eigenvalue weighted by Gasteiger charge is 2.47. The molecule has 1 spiro atoms. The summed E-state index contributed by atoms with van der Waals surface area (Å²) in [6.07, 6.45) is 5.12. The van der Waals surface area contributed by atoms with Crippen molar-refractivity contribution in [3.05, 3.63) is 150 Å². The molecular formula is C42H35N. The molecule has 208 valence electrons. The van der Waals surface area contributed by atoms with Gasteiger partial charge in [-0.1, -0.05) is 106 Å². The lowest BCUT2D eigenvalue weighted by atomic mass is 9.75. The predicted octanol–water partition coefficient (Wildman–Crippen LogP) is 11.5. The van der Waals surface area contributed by atoms with Crippen LogP contribution in [0.5, 0.6) is 0 Å². The molecule has 0 N–H and O–H groups in total. The van der Waals surface area contributed by atoms with Crippen LogP contribution in [0.3, 0.4) is 0 Å². The van der Waals surface area contributed by atoms with Crippen LogP contribution in [-0.2, 0) is 10.8 Å². The fraction of sp³-hybridized carbons (Fsp3) is 0.190. The fourth-order valence-electron chi connectivity index (χ4n) is 8.73. The average molecular weight is 554 g/mol. The zero-order chi connectivity index (χ0) is 28.8. The minimum absolute atomic E-state index is 0.106. The smallest absolute Gasteiger partial charge is 0.0465 e. The molecule has 6 aromatic carbocycles. The van der Waals surface area contributed by atoms with Crippen LogP contribution in [-0.4, -0.2) is 0 Å². The Hall–Kier alpha value is -4.62. The van der Waals surface area contributed by atoms with Gasteiger partial charge < -0.3 is 4.90 Å². The maximum Gasteiger partial charge on any atom is 0.0465 e. The second kappa shape index (κ2) is 8.94. The number of anilines is 3. The van der Waals surface area contributed by atoms with Crippen LogP contribution in [0.2, 0.25) is 0 Å². The number of benzene rings is 6. The van der Waals surface area contributed by atoms with Gasteiger partial charge in [0.25, 0.3) is 0 Å². The van der Waals surface area contributed by atoms with E-state index in [4.69, 9.17) is 0 Å². The summed E-state index contributed by atoms with van der Waals surface area (Å²) in [7, 11) is 0. The summed E-state index contributed by atoms with van der Waals surface area (Å²) < 4.78 is 0. The van der Waals surface area contributed by atoms with Gasteiger partial charge in [-0.15, -0.1) is 0 Å². The Morgan fingerprint density at radius 3 is 1.84 bits per heavy atom. The molecule has 6 aromatic rings. The number of rotatable bonds is 3. The van der Waals surface area contributed by atoms with Crippen molar-refractivity contribution >= 4 is 27.8 Å². The number of hydrogen-bond donors (Lipinski definition) is 0. The first-order valence-electron chi connectivity index (χ1n) is 15.8. The highest BCUT2D eigenvalue weighted by Crippen LogP contribution is 2.61. The lowest BCUT2D eigenvalue weighted by Crippen LogP contribution is -2.21. The number of nitrogens with zero attached hydrogens (tertiary/aromatic N) is 1. The van der Waals surface area contributed by atoms with Crippen LogP contribution in [0.15, 0.2) is 127 Å². The summed E-state index contributed by atoms with van der Waals surface area (Å²) in [5.41, 5.74) is 15.4. The molecule has 1 nitrogen and oxygen atoms in total. The Morgan fingerprint density at radius 2 is 1.12 bits per heavy atom. The molecule has 0 radical (unpaired) electrons. The van der Waals surface area contributed by atoms with Crippen molar-refractivity contribution in [2.24, 2.45) is 0 Å². The summed E-state index contributed by atoms with van der Waals surface area (Å²) in [4.78, 5) is 2.38. The van der Waals surface area contributed by atoms with Crippen molar-refractivity contribution < 1.29 is 0 Å². The Kier molecular flexibility index (Phi) is 5.18. The monoisotopic (exact) mass is 553 g/mol. The zero-order valence-corrected chi connectivity index (χ0v) is 24.9. The van der Waals surface area contributed by atoms with Crippen LogP contribution < -0.4 is 4.90 Å². The third kappa shape index (κ3) is 3.40. The molecule has 1 heteroatoms. The van der Waals surface area contributed by atoms with Gasteiger partial charge in [-0.2, -0.15) is 0 Å². The minimum Gasteiger partial charge on any atom is -0.310 e. The molecule has 0 aromatic heterocycles. The van der Waals surface area contributed by atoms with Gasteiger partial charge in [0.15, 0.2) is 0 Å². The molecule has 0 amide bonds. The molecule has 1 fully saturated rings. The summed E-state index contributed by atoms with van der Waals surface area (Å²) in [5, 5.41) is 2.75. The molecule has 3 aliphatic carbocycles. The van der Waals surface area contributed by atoms with E-state index in [-0.39, 0.29) is 10.8 Å². The topological polar surface area (TPSA) is 3.24 Å². The van der Waals surface area contributed by atoms with Gasteiger partial charge in [-0.3, -0.25) is 0 Å². The number of fused-ring (bicyclic) bond motifs is 10. The number of para-hydroxylation sites is 2. The predicted molar refractivity (Wildman–Crippen MR) is 181 cm³/mol. The van der Waals surface area contributed by atoms with E-state index in [1.807, 2.05) is 0 Å². The van der Waals surface area contributed by atoms with Crippen LogP contribution in [0.1, 0.15) is 61.8 Å². The van der Waals surface area contributed by atoms with Gasteiger partial charge in [0.1, 0.15) is 0 Å². The normalized spacial score (nSPS) is 16.6. The van der Waals surface area contributed by atoms with Crippen molar-refractivity contribution in [3.8, 4) is 22.3 Å². The zero-order valence-electron chi connectivity index (χ0n) is 24.9. The highest BCUT2D eigenvalue weighted by molar-refractivity contribution is 6.04. The van der Waals surface area contributed by atoms with Gasteiger partial charge in [0, 0.05) is 27.9 Å². The van der Waals surface area contributed by atoms with Gasteiger partial charge >= 0.3 is 0 Å².